The fourth-order valence-electron chi connectivity index (χ4n) is 1.67. The van der Waals surface area contributed by atoms with Crippen LogP contribution in [-0.2, 0) is 9.84 Å². The van der Waals surface area contributed by atoms with E-state index in [1.807, 2.05) is 13.0 Å². The number of sulfone groups is 1. The van der Waals surface area contributed by atoms with Crippen LogP contribution in [0.4, 0.5) is 11.4 Å². The van der Waals surface area contributed by atoms with E-state index in [4.69, 9.17) is 0 Å². The van der Waals surface area contributed by atoms with Crippen molar-refractivity contribution in [3.8, 4) is 0 Å². The van der Waals surface area contributed by atoms with E-state index < -0.39 is 9.84 Å². The first-order valence-corrected chi connectivity index (χ1v) is 8.10. The highest BCUT2D eigenvalue weighted by Crippen LogP contribution is 2.14. The van der Waals surface area contributed by atoms with Crippen LogP contribution in [0.3, 0.4) is 0 Å². The second-order valence-corrected chi connectivity index (χ2v) is 6.71. The van der Waals surface area contributed by atoms with Crippen molar-refractivity contribution in [2.75, 3.05) is 29.2 Å². The van der Waals surface area contributed by atoms with Crippen LogP contribution in [0, 0.1) is 0 Å². The van der Waals surface area contributed by atoms with E-state index in [2.05, 4.69) is 22.5 Å². The van der Waals surface area contributed by atoms with Gasteiger partial charge in [0.1, 0.15) is 9.84 Å². The minimum atomic E-state index is -2.97. The number of anilines is 2. The molecule has 0 aliphatic carbocycles. The summed E-state index contributed by atoms with van der Waals surface area (Å²) < 4.78 is 22.3. The van der Waals surface area contributed by atoms with Gasteiger partial charge < -0.3 is 10.6 Å². The topological polar surface area (TPSA) is 71.1 Å². The average Bonchev–Trinajstić information content (AvgIpc) is 2.24. The number of nitrogens with one attached hydrogen (secondary N) is 2. The van der Waals surface area contributed by atoms with Crippen molar-refractivity contribution in [2.45, 2.75) is 26.3 Å². The van der Waals surface area contributed by atoms with Crippen LogP contribution in [0.5, 0.6) is 0 Å². The smallest absolute Gasteiger partial charge is 0.149 e. The summed E-state index contributed by atoms with van der Waals surface area (Å²) in [5, 5.41) is 6.37. The Morgan fingerprint density at radius 1 is 1.33 bits per heavy atom. The maximum atomic E-state index is 11.2. The largest absolute Gasteiger partial charge is 0.384 e. The summed E-state index contributed by atoms with van der Waals surface area (Å²) in [5.74, 6) is 0.111. The highest BCUT2D eigenvalue weighted by molar-refractivity contribution is 7.90. The molecule has 1 aromatic rings. The number of aromatic nitrogens is 1. The van der Waals surface area contributed by atoms with Crippen LogP contribution < -0.4 is 10.6 Å². The molecule has 5 nitrogen and oxygen atoms in total. The third kappa shape index (κ3) is 5.86. The van der Waals surface area contributed by atoms with Crippen LogP contribution in [0.15, 0.2) is 18.5 Å². The molecule has 0 aliphatic rings. The van der Waals surface area contributed by atoms with Gasteiger partial charge in [-0.15, -0.1) is 0 Å². The molecule has 102 valence electrons. The van der Waals surface area contributed by atoms with Gasteiger partial charge in [0, 0.05) is 18.8 Å². The van der Waals surface area contributed by atoms with Crippen LogP contribution in [0.1, 0.15) is 20.3 Å². The summed E-state index contributed by atoms with van der Waals surface area (Å²) in [6.45, 7) is 4.83. The Balaban J connectivity index is 2.61. The van der Waals surface area contributed by atoms with E-state index in [1.54, 1.807) is 12.4 Å². The van der Waals surface area contributed by atoms with E-state index in [9.17, 15) is 8.42 Å². The molecule has 1 heterocycles. The van der Waals surface area contributed by atoms with Crippen molar-refractivity contribution in [2.24, 2.45) is 0 Å². The molecular weight excluding hydrogens is 250 g/mol. The van der Waals surface area contributed by atoms with Crippen molar-refractivity contribution >= 4 is 21.2 Å². The standard InChI is InChI=1S/C12H21N3O2S/c1-4-5-14-11-6-12(8-13-7-11)15-10(2)9-18(3,16)17/h6-8,10,14-15H,4-5,9H2,1-3H3. The monoisotopic (exact) mass is 271 g/mol. The Bertz CT molecular complexity index is 474. The molecule has 1 aromatic heterocycles. The van der Waals surface area contributed by atoms with Crippen molar-refractivity contribution in [1.82, 2.24) is 4.98 Å². The maximum Gasteiger partial charge on any atom is 0.149 e. The predicted molar refractivity (Wildman–Crippen MR) is 75.8 cm³/mol. The summed E-state index contributed by atoms with van der Waals surface area (Å²) in [6.07, 6.45) is 5.72. The molecule has 0 bridgehead atoms. The Morgan fingerprint density at radius 2 is 2.00 bits per heavy atom. The minimum Gasteiger partial charge on any atom is -0.384 e. The molecule has 6 heteroatoms. The van der Waals surface area contributed by atoms with Gasteiger partial charge in [-0.1, -0.05) is 6.92 Å². The Kier molecular flexibility index (Phi) is 5.40. The quantitative estimate of drug-likeness (QED) is 0.790. The fourth-order valence-corrected chi connectivity index (χ4v) is 2.66. The zero-order valence-electron chi connectivity index (χ0n) is 11.1. The molecule has 0 fully saturated rings. The SMILES string of the molecule is CCCNc1cncc(NC(C)CS(C)(=O)=O)c1. The van der Waals surface area contributed by atoms with Crippen LogP contribution in [-0.4, -0.2) is 38.0 Å². The molecule has 0 aromatic carbocycles. The Hall–Kier alpha value is -1.30. The zero-order chi connectivity index (χ0) is 13.6. The van der Waals surface area contributed by atoms with Gasteiger partial charge in [0.2, 0.25) is 0 Å². The van der Waals surface area contributed by atoms with Gasteiger partial charge in [0.05, 0.1) is 29.5 Å². The van der Waals surface area contributed by atoms with Crippen molar-refractivity contribution in [3.05, 3.63) is 18.5 Å². The summed E-state index contributed by atoms with van der Waals surface area (Å²) in [5.41, 5.74) is 1.76. The van der Waals surface area contributed by atoms with Crippen molar-refractivity contribution in [3.63, 3.8) is 0 Å². The van der Waals surface area contributed by atoms with Gasteiger partial charge in [-0.05, 0) is 19.4 Å². The number of hydrogen-bond acceptors (Lipinski definition) is 5. The first-order valence-electron chi connectivity index (χ1n) is 6.04. The lowest BCUT2D eigenvalue weighted by atomic mass is 10.3. The lowest BCUT2D eigenvalue weighted by Crippen LogP contribution is -2.25. The van der Waals surface area contributed by atoms with E-state index in [0.29, 0.717) is 0 Å². The minimum absolute atomic E-state index is 0.111. The molecule has 0 amide bonds. The zero-order valence-corrected chi connectivity index (χ0v) is 11.9. The molecule has 0 spiro atoms. The molecule has 1 atom stereocenters. The fraction of sp³-hybridized carbons (Fsp3) is 0.583. The van der Waals surface area contributed by atoms with Gasteiger partial charge >= 0.3 is 0 Å². The summed E-state index contributed by atoms with van der Waals surface area (Å²) in [6, 6.07) is 1.80. The molecule has 0 aliphatic heterocycles. The molecule has 18 heavy (non-hydrogen) atoms. The summed E-state index contributed by atoms with van der Waals surface area (Å²) in [7, 11) is -2.97. The highest BCUT2D eigenvalue weighted by Gasteiger charge is 2.10. The van der Waals surface area contributed by atoms with Gasteiger partial charge in [-0.3, -0.25) is 4.98 Å². The second kappa shape index (κ2) is 6.58. The molecule has 0 radical (unpaired) electrons. The van der Waals surface area contributed by atoms with Gasteiger partial charge in [-0.2, -0.15) is 0 Å². The lowest BCUT2D eigenvalue weighted by Gasteiger charge is -2.14. The molecule has 2 N–H and O–H groups in total. The normalized spacial score (nSPS) is 13.1. The number of rotatable bonds is 7. The molecule has 0 saturated carbocycles. The third-order valence-electron chi connectivity index (χ3n) is 2.28. The highest BCUT2D eigenvalue weighted by atomic mass is 32.2. The van der Waals surface area contributed by atoms with Crippen molar-refractivity contribution in [1.29, 1.82) is 0 Å². The Labute approximate surface area is 109 Å². The third-order valence-corrected chi connectivity index (χ3v) is 3.39. The lowest BCUT2D eigenvalue weighted by molar-refractivity contribution is 0.598. The van der Waals surface area contributed by atoms with E-state index in [0.717, 1.165) is 24.3 Å². The maximum absolute atomic E-state index is 11.2. The van der Waals surface area contributed by atoms with Gasteiger partial charge in [0.25, 0.3) is 0 Å². The number of hydrogen-bond donors (Lipinski definition) is 2. The average molecular weight is 271 g/mol. The summed E-state index contributed by atoms with van der Waals surface area (Å²) in [4.78, 5) is 4.11. The van der Waals surface area contributed by atoms with Crippen LogP contribution >= 0.6 is 0 Å². The van der Waals surface area contributed by atoms with Crippen LogP contribution in [0.25, 0.3) is 0 Å². The summed E-state index contributed by atoms with van der Waals surface area (Å²) >= 11 is 0. The first-order chi connectivity index (χ1) is 8.40. The predicted octanol–water partition coefficient (Wildman–Crippen LogP) is 1.75. The van der Waals surface area contributed by atoms with Crippen molar-refractivity contribution < 1.29 is 8.42 Å². The molecule has 1 rings (SSSR count). The van der Waals surface area contributed by atoms with Gasteiger partial charge in [-0.25, -0.2) is 8.42 Å². The van der Waals surface area contributed by atoms with E-state index in [1.165, 1.54) is 6.26 Å². The van der Waals surface area contributed by atoms with E-state index >= 15 is 0 Å². The van der Waals surface area contributed by atoms with E-state index in [-0.39, 0.29) is 11.8 Å². The second-order valence-electron chi connectivity index (χ2n) is 4.53. The molecular formula is C12H21N3O2S. The van der Waals surface area contributed by atoms with Crippen LogP contribution in [0.2, 0.25) is 0 Å². The number of nitrogens with zero attached hydrogens (tertiary/aromatic N) is 1. The molecule has 0 saturated heterocycles. The Morgan fingerprint density at radius 3 is 2.61 bits per heavy atom. The first kappa shape index (κ1) is 14.8. The molecule has 1 unspecified atom stereocenters. The van der Waals surface area contributed by atoms with Gasteiger partial charge in [0.15, 0.2) is 0 Å². The number of pyridine rings is 1.